The maximum Gasteiger partial charge on any atom is 0.151 e. The first-order chi connectivity index (χ1) is 8.29. The molecule has 0 aliphatic rings. The third kappa shape index (κ3) is 3.57. The van der Waals surface area contributed by atoms with E-state index in [2.05, 4.69) is 4.98 Å². The molecule has 0 fully saturated rings. The Morgan fingerprint density at radius 2 is 2.18 bits per heavy atom. The number of anilines is 1. The predicted octanol–water partition coefficient (Wildman–Crippen LogP) is 4.11. The fraction of sp³-hybridized carbons (Fsp3) is 0.417. The van der Waals surface area contributed by atoms with Crippen LogP contribution in [0.5, 0.6) is 0 Å². The number of nitrogen functional groups attached to an aromatic ring is 1. The zero-order chi connectivity index (χ0) is 12.1. The van der Waals surface area contributed by atoms with E-state index in [-0.39, 0.29) is 6.67 Å². The molecule has 2 aromatic rings. The number of thioether (sulfide) groups is 1. The van der Waals surface area contributed by atoms with E-state index in [0.717, 1.165) is 38.8 Å². The van der Waals surface area contributed by atoms with E-state index in [0.29, 0.717) is 6.42 Å². The Morgan fingerprint density at radius 1 is 1.29 bits per heavy atom. The fourth-order valence-electron chi connectivity index (χ4n) is 1.51. The normalized spacial score (nSPS) is 11.1. The number of rotatable bonds is 6. The predicted molar refractivity (Wildman–Crippen MR) is 74.6 cm³/mol. The second-order valence-corrected chi connectivity index (χ2v) is 6.18. The number of thiazole rings is 1. The quantitative estimate of drug-likeness (QED) is 0.488. The van der Waals surface area contributed by atoms with Crippen molar-refractivity contribution in [2.75, 3.05) is 18.2 Å². The molecule has 2 N–H and O–H groups in total. The number of aromatic nitrogens is 1. The van der Waals surface area contributed by atoms with E-state index < -0.39 is 0 Å². The maximum absolute atomic E-state index is 11.9. The molecular formula is C12H15FN2S2. The largest absolute Gasteiger partial charge is 0.399 e. The first kappa shape index (κ1) is 12.6. The average Bonchev–Trinajstić information content (AvgIpc) is 2.70. The summed E-state index contributed by atoms with van der Waals surface area (Å²) < 4.78 is 14.1. The molecule has 1 heterocycles. The van der Waals surface area contributed by atoms with Crippen molar-refractivity contribution < 1.29 is 4.39 Å². The van der Waals surface area contributed by atoms with Gasteiger partial charge in [-0.3, -0.25) is 4.39 Å². The van der Waals surface area contributed by atoms with Gasteiger partial charge >= 0.3 is 0 Å². The van der Waals surface area contributed by atoms with Crippen LogP contribution in [0.4, 0.5) is 10.1 Å². The smallest absolute Gasteiger partial charge is 0.151 e. The van der Waals surface area contributed by atoms with Crippen LogP contribution in [0.1, 0.15) is 19.3 Å². The van der Waals surface area contributed by atoms with Crippen molar-refractivity contribution in [3.8, 4) is 0 Å². The number of nitrogens with two attached hydrogens (primary N) is 1. The molecule has 5 heteroatoms. The van der Waals surface area contributed by atoms with E-state index in [1.807, 2.05) is 18.2 Å². The Kier molecular flexibility index (Phi) is 4.62. The lowest BCUT2D eigenvalue weighted by atomic mass is 10.3. The number of benzene rings is 1. The van der Waals surface area contributed by atoms with Crippen LogP contribution < -0.4 is 5.73 Å². The molecule has 2 rings (SSSR count). The number of alkyl halides is 1. The molecule has 0 aliphatic carbocycles. The molecule has 0 saturated heterocycles. The first-order valence-corrected chi connectivity index (χ1v) is 7.44. The zero-order valence-electron chi connectivity index (χ0n) is 9.49. The van der Waals surface area contributed by atoms with Crippen LogP contribution in [-0.2, 0) is 0 Å². The van der Waals surface area contributed by atoms with Gasteiger partial charge in [0.2, 0.25) is 0 Å². The van der Waals surface area contributed by atoms with Crippen LogP contribution >= 0.6 is 23.1 Å². The molecule has 17 heavy (non-hydrogen) atoms. The summed E-state index contributed by atoms with van der Waals surface area (Å²) in [7, 11) is 0. The van der Waals surface area contributed by atoms with Crippen molar-refractivity contribution in [3.05, 3.63) is 18.2 Å². The highest BCUT2D eigenvalue weighted by Gasteiger charge is 2.04. The van der Waals surface area contributed by atoms with Crippen LogP contribution in [0.25, 0.3) is 10.2 Å². The minimum atomic E-state index is -0.203. The number of halogens is 1. The molecule has 0 aliphatic heterocycles. The van der Waals surface area contributed by atoms with Gasteiger partial charge in [0, 0.05) is 11.4 Å². The first-order valence-electron chi connectivity index (χ1n) is 5.64. The van der Waals surface area contributed by atoms with Gasteiger partial charge in [0.25, 0.3) is 0 Å². The van der Waals surface area contributed by atoms with Crippen LogP contribution in [0.15, 0.2) is 22.5 Å². The van der Waals surface area contributed by atoms with Gasteiger partial charge in [-0.15, -0.1) is 11.3 Å². The summed E-state index contributed by atoms with van der Waals surface area (Å²) in [5, 5.41) is 0. The zero-order valence-corrected chi connectivity index (χ0v) is 11.1. The molecule has 2 nitrogen and oxygen atoms in total. The highest BCUT2D eigenvalue weighted by Crippen LogP contribution is 2.31. The maximum atomic E-state index is 11.9. The van der Waals surface area contributed by atoms with Gasteiger partial charge in [-0.25, -0.2) is 4.98 Å². The highest BCUT2D eigenvalue weighted by molar-refractivity contribution is 8.01. The van der Waals surface area contributed by atoms with Crippen molar-refractivity contribution in [2.24, 2.45) is 0 Å². The number of nitrogens with zero attached hydrogens (tertiary/aromatic N) is 1. The summed E-state index contributed by atoms with van der Waals surface area (Å²) in [6.45, 7) is -0.203. The Bertz CT molecular complexity index is 484. The SMILES string of the molecule is Nc1ccc2nc(SCCCCCF)sc2c1. The van der Waals surface area contributed by atoms with Gasteiger partial charge in [0.15, 0.2) is 4.34 Å². The van der Waals surface area contributed by atoms with E-state index in [1.54, 1.807) is 23.1 Å². The molecule has 0 atom stereocenters. The van der Waals surface area contributed by atoms with Crippen LogP contribution in [0.3, 0.4) is 0 Å². The summed E-state index contributed by atoms with van der Waals surface area (Å²) in [5.41, 5.74) is 7.51. The third-order valence-corrected chi connectivity index (χ3v) is 4.64. The summed E-state index contributed by atoms with van der Waals surface area (Å²) in [6, 6.07) is 5.78. The van der Waals surface area contributed by atoms with Gasteiger partial charge < -0.3 is 5.73 Å². The third-order valence-electron chi connectivity index (χ3n) is 2.40. The minimum Gasteiger partial charge on any atom is -0.399 e. The Hall–Kier alpha value is -0.810. The number of unbranched alkanes of at least 4 members (excludes halogenated alkanes) is 2. The van der Waals surface area contributed by atoms with Crippen molar-refractivity contribution in [1.82, 2.24) is 4.98 Å². The Balaban J connectivity index is 1.91. The summed E-state index contributed by atoms with van der Waals surface area (Å²) in [5.74, 6) is 1.01. The molecule has 1 aromatic carbocycles. The Labute approximate surface area is 108 Å². The van der Waals surface area contributed by atoms with Crippen molar-refractivity contribution in [1.29, 1.82) is 0 Å². The average molecular weight is 270 g/mol. The number of hydrogen-bond donors (Lipinski definition) is 1. The van der Waals surface area contributed by atoms with Gasteiger partial charge in [0.1, 0.15) is 0 Å². The van der Waals surface area contributed by atoms with E-state index in [1.165, 1.54) is 0 Å². The topological polar surface area (TPSA) is 38.9 Å². The van der Waals surface area contributed by atoms with Crippen LogP contribution in [0.2, 0.25) is 0 Å². The van der Waals surface area contributed by atoms with Crippen LogP contribution in [-0.4, -0.2) is 17.4 Å². The van der Waals surface area contributed by atoms with E-state index in [9.17, 15) is 4.39 Å². The summed E-state index contributed by atoms with van der Waals surface area (Å²) in [6.07, 6.45) is 2.69. The molecular weight excluding hydrogens is 255 g/mol. The highest BCUT2D eigenvalue weighted by atomic mass is 32.2. The molecule has 92 valence electrons. The molecule has 0 unspecified atom stereocenters. The monoisotopic (exact) mass is 270 g/mol. The van der Waals surface area contributed by atoms with Crippen LogP contribution in [0, 0.1) is 0 Å². The molecule has 1 aromatic heterocycles. The number of hydrogen-bond acceptors (Lipinski definition) is 4. The van der Waals surface area contributed by atoms with Gasteiger partial charge in [-0.2, -0.15) is 0 Å². The minimum absolute atomic E-state index is 0.203. The second kappa shape index (κ2) is 6.21. The van der Waals surface area contributed by atoms with Gasteiger partial charge in [0.05, 0.1) is 16.9 Å². The lowest BCUT2D eigenvalue weighted by molar-refractivity contribution is 0.460. The summed E-state index contributed by atoms with van der Waals surface area (Å²) >= 11 is 3.42. The summed E-state index contributed by atoms with van der Waals surface area (Å²) in [4.78, 5) is 4.52. The lowest BCUT2D eigenvalue weighted by Crippen LogP contribution is -1.82. The second-order valence-electron chi connectivity index (χ2n) is 3.81. The van der Waals surface area contributed by atoms with Gasteiger partial charge in [-0.05, 0) is 31.0 Å². The molecule has 0 saturated carbocycles. The van der Waals surface area contributed by atoms with Crippen molar-refractivity contribution >= 4 is 39.0 Å². The number of fused-ring (bicyclic) bond motifs is 1. The fourth-order valence-corrected chi connectivity index (χ4v) is 3.70. The van der Waals surface area contributed by atoms with E-state index in [4.69, 9.17) is 5.73 Å². The Morgan fingerprint density at radius 3 is 3.00 bits per heavy atom. The van der Waals surface area contributed by atoms with Gasteiger partial charge in [-0.1, -0.05) is 18.2 Å². The molecule has 0 amide bonds. The van der Waals surface area contributed by atoms with Crippen molar-refractivity contribution in [3.63, 3.8) is 0 Å². The van der Waals surface area contributed by atoms with Crippen molar-refractivity contribution in [2.45, 2.75) is 23.6 Å². The molecule has 0 radical (unpaired) electrons. The molecule has 0 bridgehead atoms. The van der Waals surface area contributed by atoms with E-state index >= 15 is 0 Å². The lowest BCUT2D eigenvalue weighted by Gasteiger charge is -1.95. The molecule has 0 spiro atoms. The standard InChI is InChI=1S/C12H15FN2S2/c13-6-2-1-3-7-16-12-15-10-5-4-9(14)8-11(10)17-12/h4-5,8H,1-3,6-7,14H2.